The highest BCUT2D eigenvalue weighted by Crippen LogP contribution is 2.38. The molecule has 1 atom stereocenters. The van der Waals surface area contributed by atoms with Crippen molar-refractivity contribution in [3.05, 3.63) is 69.8 Å². The normalized spacial score (nSPS) is 15.7. The smallest absolute Gasteiger partial charge is 0.229 e. The van der Waals surface area contributed by atoms with Gasteiger partial charge in [0.2, 0.25) is 5.89 Å². The third kappa shape index (κ3) is 3.33. The molecule has 1 aliphatic carbocycles. The van der Waals surface area contributed by atoms with E-state index in [2.05, 4.69) is 21.5 Å². The van der Waals surface area contributed by atoms with E-state index in [1.54, 1.807) is 23.5 Å². The monoisotopic (exact) mass is 329 g/mol. The first-order valence-corrected chi connectivity index (χ1v) is 8.52. The average Bonchev–Trinajstić information content (AvgIpc) is 3.08. The van der Waals surface area contributed by atoms with E-state index in [1.165, 1.54) is 17.0 Å². The fraction of sp³-hybridized carbons (Fsp3) is 0.294. The van der Waals surface area contributed by atoms with Gasteiger partial charge in [0, 0.05) is 10.8 Å². The van der Waals surface area contributed by atoms with Crippen LogP contribution >= 0.6 is 11.3 Å². The summed E-state index contributed by atoms with van der Waals surface area (Å²) in [5.74, 6) is 1.64. The Bertz CT molecular complexity index is 766. The maximum atomic E-state index is 13.2. The van der Waals surface area contributed by atoms with Crippen molar-refractivity contribution in [1.29, 1.82) is 0 Å². The highest BCUT2D eigenvalue weighted by molar-refractivity contribution is 7.10. The van der Waals surface area contributed by atoms with Crippen LogP contribution in [0, 0.1) is 5.82 Å². The highest BCUT2D eigenvalue weighted by Gasteiger charge is 2.29. The number of rotatable bonds is 6. The van der Waals surface area contributed by atoms with Gasteiger partial charge in [0.15, 0.2) is 5.82 Å². The third-order valence-corrected chi connectivity index (χ3v) is 4.84. The van der Waals surface area contributed by atoms with Crippen LogP contribution in [0.3, 0.4) is 0 Å². The van der Waals surface area contributed by atoms with Crippen molar-refractivity contribution in [2.45, 2.75) is 31.3 Å². The van der Waals surface area contributed by atoms with E-state index in [9.17, 15) is 4.39 Å². The van der Waals surface area contributed by atoms with E-state index in [4.69, 9.17) is 4.52 Å². The molecule has 1 saturated carbocycles. The summed E-state index contributed by atoms with van der Waals surface area (Å²) in [6.45, 7) is 0.510. The van der Waals surface area contributed by atoms with Crippen LogP contribution in [-0.2, 0) is 6.54 Å². The fourth-order valence-corrected chi connectivity index (χ4v) is 3.35. The van der Waals surface area contributed by atoms with Gasteiger partial charge in [-0.3, -0.25) is 5.32 Å². The number of nitrogens with zero attached hydrogens (tertiary/aromatic N) is 2. The number of nitrogens with one attached hydrogen (secondary N) is 1. The predicted octanol–water partition coefficient (Wildman–Crippen LogP) is 4.03. The van der Waals surface area contributed by atoms with Crippen molar-refractivity contribution in [3.63, 3.8) is 0 Å². The fourth-order valence-electron chi connectivity index (χ4n) is 2.52. The van der Waals surface area contributed by atoms with Crippen LogP contribution in [0.2, 0.25) is 0 Å². The summed E-state index contributed by atoms with van der Waals surface area (Å²) in [4.78, 5) is 5.61. The molecule has 3 aromatic rings. The van der Waals surface area contributed by atoms with E-state index in [0.29, 0.717) is 18.3 Å². The summed E-state index contributed by atoms with van der Waals surface area (Å²) < 4.78 is 18.5. The molecule has 23 heavy (non-hydrogen) atoms. The molecule has 6 heteroatoms. The summed E-state index contributed by atoms with van der Waals surface area (Å²) in [7, 11) is 0. The minimum absolute atomic E-state index is 0.0153. The van der Waals surface area contributed by atoms with Crippen LogP contribution in [-0.4, -0.2) is 10.1 Å². The summed E-state index contributed by atoms with van der Waals surface area (Å²) in [5.41, 5.74) is 1.01. The minimum Gasteiger partial charge on any atom is -0.339 e. The SMILES string of the molecule is Fc1ccc([C@H](NCc2noc(C3CC3)n2)c2cccs2)cc1. The second kappa shape index (κ2) is 6.22. The largest absolute Gasteiger partial charge is 0.339 e. The molecule has 1 N–H and O–H groups in total. The zero-order chi connectivity index (χ0) is 15.6. The quantitative estimate of drug-likeness (QED) is 0.742. The number of halogens is 1. The molecule has 2 aromatic heterocycles. The van der Waals surface area contributed by atoms with Gasteiger partial charge in [0.25, 0.3) is 0 Å². The Morgan fingerprint density at radius 3 is 2.78 bits per heavy atom. The number of hydrogen-bond acceptors (Lipinski definition) is 5. The molecule has 1 fully saturated rings. The molecule has 4 nitrogen and oxygen atoms in total. The Kier molecular flexibility index (Phi) is 3.93. The van der Waals surface area contributed by atoms with Crippen molar-refractivity contribution in [1.82, 2.24) is 15.5 Å². The molecule has 2 heterocycles. The maximum absolute atomic E-state index is 13.2. The lowest BCUT2D eigenvalue weighted by Gasteiger charge is -2.17. The molecule has 0 radical (unpaired) electrons. The van der Waals surface area contributed by atoms with Crippen LogP contribution < -0.4 is 5.32 Å². The molecule has 1 aromatic carbocycles. The standard InChI is InChI=1S/C17H16FN3OS/c18-13-7-5-11(6-8-13)16(14-2-1-9-23-14)19-10-15-20-17(22-21-15)12-3-4-12/h1-2,5-9,12,16,19H,3-4,10H2/t16-/m0/s1. The molecule has 4 rings (SSSR count). The van der Waals surface area contributed by atoms with E-state index in [1.807, 2.05) is 11.4 Å². The predicted molar refractivity (Wildman–Crippen MR) is 85.7 cm³/mol. The summed E-state index contributed by atoms with van der Waals surface area (Å²) in [6, 6.07) is 10.6. The van der Waals surface area contributed by atoms with E-state index in [-0.39, 0.29) is 11.9 Å². The Balaban J connectivity index is 1.51. The number of aromatic nitrogens is 2. The van der Waals surface area contributed by atoms with Gasteiger partial charge in [-0.05, 0) is 42.0 Å². The molecular formula is C17H16FN3OS. The number of benzene rings is 1. The van der Waals surface area contributed by atoms with Crippen LogP contribution in [0.1, 0.15) is 47.0 Å². The molecule has 118 valence electrons. The Labute approximate surface area is 137 Å². The van der Waals surface area contributed by atoms with E-state index in [0.717, 1.165) is 24.3 Å². The van der Waals surface area contributed by atoms with Crippen LogP contribution in [0.4, 0.5) is 4.39 Å². The van der Waals surface area contributed by atoms with Gasteiger partial charge < -0.3 is 4.52 Å². The topological polar surface area (TPSA) is 51.0 Å². The second-order valence-electron chi connectivity index (χ2n) is 5.70. The van der Waals surface area contributed by atoms with Crippen LogP contribution in [0.25, 0.3) is 0 Å². The lowest BCUT2D eigenvalue weighted by atomic mass is 10.1. The molecular weight excluding hydrogens is 313 g/mol. The molecule has 0 saturated heterocycles. The zero-order valence-corrected chi connectivity index (χ0v) is 13.2. The van der Waals surface area contributed by atoms with Gasteiger partial charge in [0.1, 0.15) is 5.82 Å². The molecule has 0 aliphatic heterocycles. The first kappa shape index (κ1) is 14.5. The van der Waals surface area contributed by atoms with Crippen LogP contribution in [0.5, 0.6) is 0 Å². The summed E-state index contributed by atoms with van der Waals surface area (Å²) in [5, 5.41) is 9.52. The molecule has 0 spiro atoms. The van der Waals surface area contributed by atoms with Gasteiger partial charge in [0.05, 0.1) is 12.6 Å². The van der Waals surface area contributed by atoms with Crippen LogP contribution in [0.15, 0.2) is 46.3 Å². The lowest BCUT2D eigenvalue weighted by Crippen LogP contribution is -2.21. The van der Waals surface area contributed by atoms with Crippen molar-refractivity contribution >= 4 is 11.3 Å². The van der Waals surface area contributed by atoms with Crippen molar-refractivity contribution in [3.8, 4) is 0 Å². The Hall–Kier alpha value is -2.05. The highest BCUT2D eigenvalue weighted by atomic mass is 32.1. The Morgan fingerprint density at radius 2 is 2.09 bits per heavy atom. The molecule has 1 aliphatic rings. The first-order chi connectivity index (χ1) is 11.3. The van der Waals surface area contributed by atoms with E-state index < -0.39 is 0 Å². The summed E-state index contributed by atoms with van der Waals surface area (Å²) >= 11 is 1.66. The maximum Gasteiger partial charge on any atom is 0.229 e. The van der Waals surface area contributed by atoms with Crippen molar-refractivity contribution < 1.29 is 8.91 Å². The minimum atomic E-state index is -0.231. The summed E-state index contributed by atoms with van der Waals surface area (Å²) in [6.07, 6.45) is 2.28. The van der Waals surface area contributed by atoms with Gasteiger partial charge in [-0.25, -0.2) is 4.39 Å². The Morgan fingerprint density at radius 1 is 1.26 bits per heavy atom. The number of thiophene rings is 1. The van der Waals surface area contributed by atoms with Gasteiger partial charge in [-0.1, -0.05) is 23.4 Å². The molecule has 0 amide bonds. The van der Waals surface area contributed by atoms with Crippen molar-refractivity contribution in [2.24, 2.45) is 0 Å². The zero-order valence-electron chi connectivity index (χ0n) is 12.4. The lowest BCUT2D eigenvalue weighted by molar-refractivity contribution is 0.372. The molecule has 0 bridgehead atoms. The van der Waals surface area contributed by atoms with Gasteiger partial charge >= 0.3 is 0 Å². The van der Waals surface area contributed by atoms with Gasteiger partial charge in [-0.2, -0.15) is 4.98 Å². The van der Waals surface area contributed by atoms with E-state index >= 15 is 0 Å². The van der Waals surface area contributed by atoms with Crippen molar-refractivity contribution in [2.75, 3.05) is 0 Å². The first-order valence-electron chi connectivity index (χ1n) is 7.64. The van der Waals surface area contributed by atoms with Gasteiger partial charge in [-0.15, -0.1) is 11.3 Å². The third-order valence-electron chi connectivity index (χ3n) is 3.91. The number of hydrogen-bond donors (Lipinski definition) is 1. The second-order valence-corrected chi connectivity index (χ2v) is 6.68. The molecule has 0 unspecified atom stereocenters. The average molecular weight is 329 g/mol.